The van der Waals surface area contributed by atoms with Gasteiger partial charge in [-0.2, -0.15) is 0 Å². The third kappa shape index (κ3) is 3.56. The van der Waals surface area contributed by atoms with Crippen molar-refractivity contribution in [3.63, 3.8) is 0 Å². The molecule has 0 amide bonds. The van der Waals surface area contributed by atoms with Gasteiger partial charge in [0.25, 0.3) is 0 Å². The van der Waals surface area contributed by atoms with E-state index in [4.69, 9.17) is 4.74 Å². The Balaban J connectivity index is 2.00. The fourth-order valence-corrected chi connectivity index (χ4v) is 2.99. The highest BCUT2D eigenvalue weighted by atomic mass is 16.5. The molecular formula is C17H25NO3. The summed E-state index contributed by atoms with van der Waals surface area (Å²) in [6, 6.07) is 8.10. The Kier molecular flexibility index (Phi) is 4.88. The Labute approximate surface area is 126 Å². The zero-order valence-corrected chi connectivity index (χ0v) is 13.1. The minimum absolute atomic E-state index is 0.0370. The number of carbonyl (C=O) groups is 1. The standard InChI is InChI=1S/C17H25NO3/c1-4-18-17(16(19)20)10-9-15(11-17)21-14-7-5-13(6-8-14)12(2)3/h5-8,12,15,18H,4,9-11H2,1-3H3,(H,19,20). The summed E-state index contributed by atoms with van der Waals surface area (Å²) in [4.78, 5) is 11.5. The molecule has 1 aliphatic carbocycles. The molecule has 0 saturated heterocycles. The number of nitrogens with one attached hydrogen (secondary N) is 1. The second kappa shape index (κ2) is 6.48. The fourth-order valence-electron chi connectivity index (χ4n) is 2.99. The first-order valence-electron chi connectivity index (χ1n) is 7.72. The lowest BCUT2D eigenvalue weighted by atomic mass is 9.98. The van der Waals surface area contributed by atoms with Crippen molar-refractivity contribution in [2.24, 2.45) is 0 Å². The molecule has 21 heavy (non-hydrogen) atoms. The van der Waals surface area contributed by atoms with E-state index in [0.29, 0.717) is 25.3 Å². The van der Waals surface area contributed by atoms with Crippen molar-refractivity contribution in [1.82, 2.24) is 5.32 Å². The second-order valence-corrected chi connectivity index (χ2v) is 6.12. The molecule has 4 heteroatoms. The van der Waals surface area contributed by atoms with Crippen molar-refractivity contribution >= 4 is 5.97 Å². The Morgan fingerprint density at radius 3 is 2.62 bits per heavy atom. The quantitative estimate of drug-likeness (QED) is 0.845. The minimum Gasteiger partial charge on any atom is -0.490 e. The fraction of sp³-hybridized carbons (Fsp3) is 0.588. The topological polar surface area (TPSA) is 58.6 Å². The number of benzene rings is 1. The molecule has 1 fully saturated rings. The summed E-state index contributed by atoms with van der Waals surface area (Å²) in [5, 5.41) is 12.6. The lowest BCUT2D eigenvalue weighted by Gasteiger charge is -2.25. The van der Waals surface area contributed by atoms with E-state index in [-0.39, 0.29) is 6.10 Å². The van der Waals surface area contributed by atoms with Crippen LogP contribution < -0.4 is 10.1 Å². The molecule has 116 valence electrons. The SMILES string of the molecule is CCNC1(C(=O)O)CCC(Oc2ccc(C(C)C)cc2)C1. The highest BCUT2D eigenvalue weighted by molar-refractivity contribution is 5.79. The number of carboxylic acids is 1. The van der Waals surface area contributed by atoms with Gasteiger partial charge in [-0.3, -0.25) is 4.79 Å². The van der Waals surface area contributed by atoms with Crippen LogP contribution in [0.2, 0.25) is 0 Å². The van der Waals surface area contributed by atoms with Crippen molar-refractivity contribution in [3.05, 3.63) is 29.8 Å². The summed E-state index contributed by atoms with van der Waals surface area (Å²) < 4.78 is 5.96. The summed E-state index contributed by atoms with van der Waals surface area (Å²) in [6.45, 7) is 6.90. The molecule has 4 nitrogen and oxygen atoms in total. The first-order valence-corrected chi connectivity index (χ1v) is 7.72. The number of hydrogen-bond donors (Lipinski definition) is 2. The van der Waals surface area contributed by atoms with Gasteiger partial charge in [-0.25, -0.2) is 0 Å². The lowest BCUT2D eigenvalue weighted by molar-refractivity contribution is -0.144. The van der Waals surface area contributed by atoms with Crippen molar-refractivity contribution in [2.45, 2.75) is 57.6 Å². The van der Waals surface area contributed by atoms with Crippen LogP contribution in [0.25, 0.3) is 0 Å². The van der Waals surface area contributed by atoms with Gasteiger partial charge in [0.05, 0.1) is 0 Å². The maximum absolute atomic E-state index is 11.5. The number of rotatable bonds is 6. The monoisotopic (exact) mass is 291 g/mol. The van der Waals surface area contributed by atoms with Crippen molar-refractivity contribution < 1.29 is 14.6 Å². The van der Waals surface area contributed by atoms with Crippen LogP contribution >= 0.6 is 0 Å². The Morgan fingerprint density at radius 1 is 1.43 bits per heavy atom. The number of carboxylic acid groups (broad SMARTS) is 1. The van der Waals surface area contributed by atoms with Crippen LogP contribution in [-0.2, 0) is 4.79 Å². The number of aliphatic carboxylic acids is 1. The number of hydrogen-bond acceptors (Lipinski definition) is 3. The zero-order valence-electron chi connectivity index (χ0n) is 13.1. The zero-order chi connectivity index (χ0) is 15.5. The molecule has 1 aliphatic rings. The van der Waals surface area contributed by atoms with Gasteiger partial charge in [-0.1, -0.05) is 32.9 Å². The van der Waals surface area contributed by atoms with E-state index >= 15 is 0 Å². The maximum Gasteiger partial charge on any atom is 0.324 e. The largest absolute Gasteiger partial charge is 0.490 e. The number of likely N-dealkylation sites (N-methyl/N-ethyl adjacent to an activating group) is 1. The molecule has 0 aromatic heterocycles. The molecule has 1 aromatic rings. The van der Waals surface area contributed by atoms with Gasteiger partial charge in [0.2, 0.25) is 0 Å². The predicted molar refractivity (Wildman–Crippen MR) is 82.8 cm³/mol. The van der Waals surface area contributed by atoms with Crippen molar-refractivity contribution in [3.8, 4) is 5.75 Å². The number of ether oxygens (including phenoxy) is 1. The first-order chi connectivity index (χ1) is 9.97. The van der Waals surface area contributed by atoms with Crippen LogP contribution in [-0.4, -0.2) is 29.3 Å². The highest BCUT2D eigenvalue weighted by Crippen LogP contribution is 2.33. The van der Waals surface area contributed by atoms with Crippen LogP contribution in [0.5, 0.6) is 5.75 Å². The molecule has 0 aliphatic heterocycles. The van der Waals surface area contributed by atoms with Gasteiger partial charge in [0.15, 0.2) is 0 Å². The molecule has 2 rings (SSSR count). The molecule has 2 atom stereocenters. The lowest BCUT2D eigenvalue weighted by Crippen LogP contribution is -2.50. The van der Waals surface area contributed by atoms with Gasteiger partial charge >= 0.3 is 5.97 Å². The molecule has 0 spiro atoms. The minimum atomic E-state index is -0.822. The molecule has 2 unspecified atom stereocenters. The molecular weight excluding hydrogens is 266 g/mol. The third-order valence-corrected chi connectivity index (χ3v) is 4.24. The van der Waals surface area contributed by atoms with Crippen LogP contribution in [0.15, 0.2) is 24.3 Å². The smallest absolute Gasteiger partial charge is 0.324 e. The summed E-state index contributed by atoms with van der Waals surface area (Å²) in [6.07, 6.45) is 1.86. The molecule has 1 saturated carbocycles. The van der Waals surface area contributed by atoms with E-state index in [2.05, 4.69) is 31.3 Å². The Hall–Kier alpha value is -1.55. The molecule has 0 radical (unpaired) electrons. The average molecular weight is 291 g/mol. The molecule has 1 aromatic carbocycles. The van der Waals surface area contributed by atoms with Crippen molar-refractivity contribution in [2.75, 3.05) is 6.54 Å². The van der Waals surface area contributed by atoms with Crippen LogP contribution in [0.1, 0.15) is 51.5 Å². The van der Waals surface area contributed by atoms with Crippen LogP contribution in [0.3, 0.4) is 0 Å². The Bertz CT molecular complexity index is 483. The van der Waals surface area contributed by atoms with Gasteiger partial charge in [-0.05, 0) is 43.0 Å². The summed E-state index contributed by atoms with van der Waals surface area (Å²) in [7, 11) is 0. The van der Waals surface area contributed by atoms with Crippen LogP contribution in [0.4, 0.5) is 0 Å². The van der Waals surface area contributed by atoms with Gasteiger partial charge in [-0.15, -0.1) is 0 Å². The van der Waals surface area contributed by atoms with Crippen LogP contribution in [0, 0.1) is 0 Å². The molecule has 0 heterocycles. The van der Waals surface area contributed by atoms with Gasteiger partial charge in [0, 0.05) is 6.42 Å². The maximum atomic E-state index is 11.5. The predicted octanol–water partition coefficient (Wildman–Crippen LogP) is 3.17. The molecule has 2 N–H and O–H groups in total. The normalized spacial score (nSPS) is 25.2. The van der Waals surface area contributed by atoms with E-state index in [0.717, 1.165) is 12.2 Å². The van der Waals surface area contributed by atoms with Crippen molar-refractivity contribution in [1.29, 1.82) is 0 Å². The third-order valence-electron chi connectivity index (χ3n) is 4.24. The van der Waals surface area contributed by atoms with Gasteiger partial charge in [0.1, 0.15) is 17.4 Å². The van der Waals surface area contributed by atoms with E-state index in [1.54, 1.807) is 0 Å². The second-order valence-electron chi connectivity index (χ2n) is 6.12. The summed E-state index contributed by atoms with van der Waals surface area (Å²) in [5.74, 6) is 0.548. The van der Waals surface area contributed by atoms with E-state index in [1.165, 1.54) is 5.56 Å². The first kappa shape index (κ1) is 15.8. The van der Waals surface area contributed by atoms with Gasteiger partial charge < -0.3 is 15.2 Å². The summed E-state index contributed by atoms with van der Waals surface area (Å²) in [5.41, 5.74) is 0.457. The van der Waals surface area contributed by atoms with E-state index in [1.807, 2.05) is 19.1 Å². The summed E-state index contributed by atoms with van der Waals surface area (Å²) >= 11 is 0. The average Bonchev–Trinajstić information content (AvgIpc) is 2.84. The molecule has 0 bridgehead atoms. The van der Waals surface area contributed by atoms with E-state index < -0.39 is 11.5 Å². The Morgan fingerprint density at radius 2 is 2.10 bits per heavy atom. The van der Waals surface area contributed by atoms with E-state index in [9.17, 15) is 9.90 Å². The highest BCUT2D eigenvalue weighted by Gasteiger charge is 2.45.